The Hall–Kier alpha value is -3.20. The van der Waals surface area contributed by atoms with E-state index in [4.69, 9.17) is 5.73 Å². The number of nitriles is 1. The third kappa shape index (κ3) is 2.85. The molecule has 1 amide bonds. The molecular formula is C21H21N5O. The van der Waals surface area contributed by atoms with Crippen molar-refractivity contribution in [2.45, 2.75) is 37.1 Å². The molecule has 2 atom stereocenters. The number of carbonyl (C=O) groups excluding carboxylic acids is 1. The molecule has 0 radical (unpaired) electrons. The zero-order chi connectivity index (χ0) is 19.2. The van der Waals surface area contributed by atoms with Crippen LogP contribution in [-0.2, 0) is 10.3 Å². The van der Waals surface area contributed by atoms with Crippen LogP contribution in [0.3, 0.4) is 0 Å². The minimum Gasteiger partial charge on any atom is -0.369 e. The molecule has 6 nitrogen and oxygen atoms in total. The first kappa shape index (κ1) is 17.2. The van der Waals surface area contributed by atoms with Crippen LogP contribution in [0.25, 0.3) is 0 Å². The molecule has 1 aliphatic heterocycles. The summed E-state index contributed by atoms with van der Waals surface area (Å²) in [4.78, 5) is 23.3. The van der Waals surface area contributed by atoms with Gasteiger partial charge in [0.15, 0.2) is 5.96 Å². The van der Waals surface area contributed by atoms with E-state index in [1.54, 1.807) is 25.4 Å². The van der Waals surface area contributed by atoms with Crippen LogP contribution in [0.5, 0.6) is 0 Å². The topological polar surface area (TPSA) is 95.4 Å². The summed E-state index contributed by atoms with van der Waals surface area (Å²) in [6.45, 7) is 1.89. The Kier molecular flexibility index (Phi) is 3.96. The van der Waals surface area contributed by atoms with Gasteiger partial charge in [-0.1, -0.05) is 24.3 Å². The lowest BCUT2D eigenvalue weighted by atomic mass is 9.74. The van der Waals surface area contributed by atoms with E-state index in [2.05, 4.69) is 28.2 Å². The van der Waals surface area contributed by atoms with E-state index in [0.717, 1.165) is 11.1 Å². The molecule has 1 aromatic heterocycles. The molecule has 0 unspecified atom stereocenters. The van der Waals surface area contributed by atoms with E-state index < -0.39 is 11.5 Å². The summed E-state index contributed by atoms with van der Waals surface area (Å²) in [7, 11) is 1.64. The zero-order valence-corrected chi connectivity index (χ0v) is 15.4. The van der Waals surface area contributed by atoms with E-state index in [9.17, 15) is 10.1 Å². The smallest absolute Gasteiger partial charge is 0.239 e. The quantitative estimate of drug-likeness (QED) is 0.911. The highest BCUT2D eigenvalue weighted by molar-refractivity contribution is 6.02. The van der Waals surface area contributed by atoms with Gasteiger partial charge in [-0.3, -0.25) is 9.69 Å². The van der Waals surface area contributed by atoms with Crippen molar-refractivity contribution in [1.29, 1.82) is 5.26 Å². The lowest BCUT2D eigenvalue weighted by Gasteiger charge is -2.40. The fourth-order valence-corrected chi connectivity index (χ4v) is 3.81. The van der Waals surface area contributed by atoms with E-state index in [0.29, 0.717) is 5.92 Å². The van der Waals surface area contributed by atoms with Crippen molar-refractivity contribution in [3.63, 3.8) is 0 Å². The third-order valence-electron chi connectivity index (χ3n) is 5.61. The van der Waals surface area contributed by atoms with Crippen molar-refractivity contribution < 1.29 is 4.79 Å². The number of aliphatic imine (C=N–C) groups is 1. The highest BCUT2D eigenvalue weighted by Gasteiger charge is 2.47. The highest BCUT2D eigenvalue weighted by atomic mass is 16.2. The maximum absolute atomic E-state index is 13.2. The van der Waals surface area contributed by atoms with Crippen molar-refractivity contribution >= 4 is 11.9 Å². The largest absolute Gasteiger partial charge is 0.369 e. The highest BCUT2D eigenvalue weighted by Crippen LogP contribution is 2.45. The van der Waals surface area contributed by atoms with Crippen LogP contribution in [0.1, 0.15) is 54.0 Å². The molecule has 2 aliphatic rings. The van der Waals surface area contributed by atoms with E-state index >= 15 is 0 Å². The van der Waals surface area contributed by atoms with Gasteiger partial charge in [-0.25, -0.2) is 9.98 Å². The number of rotatable bonds is 3. The SMILES string of the molecule is CN1C(=O)[C@@H](c2ccc(C3CC3)cc2)[C@@](C)(c2ccnc(C#N)c2)N=C1N. The number of pyridine rings is 1. The summed E-state index contributed by atoms with van der Waals surface area (Å²) in [5.74, 6) is 0.183. The van der Waals surface area contributed by atoms with Gasteiger partial charge in [-0.2, -0.15) is 5.26 Å². The molecular weight excluding hydrogens is 338 g/mol. The number of hydrogen-bond donors (Lipinski definition) is 1. The van der Waals surface area contributed by atoms with Crippen LogP contribution in [0.4, 0.5) is 0 Å². The van der Waals surface area contributed by atoms with E-state index in [1.807, 2.05) is 19.1 Å². The number of carbonyl (C=O) groups is 1. The molecule has 1 aliphatic carbocycles. The van der Waals surface area contributed by atoms with Crippen LogP contribution in [0.15, 0.2) is 47.6 Å². The molecule has 6 heteroatoms. The number of guanidine groups is 1. The Morgan fingerprint density at radius 3 is 2.52 bits per heavy atom. The monoisotopic (exact) mass is 359 g/mol. The Balaban J connectivity index is 1.84. The first-order valence-electron chi connectivity index (χ1n) is 9.03. The minimum absolute atomic E-state index is 0.112. The maximum Gasteiger partial charge on any atom is 0.239 e. The van der Waals surface area contributed by atoms with Gasteiger partial charge in [0.05, 0.1) is 5.92 Å². The summed E-state index contributed by atoms with van der Waals surface area (Å²) < 4.78 is 0. The van der Waals surface area contributed by atoms with Gasteiger partial charge in [-0.05, 0) is 54.5 Å². The van der Waals surface area contributed by atoms with Crippen molar-refractivity contribution in [2.75, 3.05) is 7.05 Å². The standard InChI is InChI=1S/C21H21N5O/c1-21(16-9-10-24-17(11-16)12-22)18(19(27)26(2)20(23)25-21)15-7-5-14(6-8-15)13-3-4-13/h5-11,13,18H,3-4H2,1-2H3,(H2,23,25)/t18-,21-/m1/s1. The first-order chi connectivity index (χ1) is 12.9. The van der Waals surface area contributed by atoms with Crippen LogP contribution >= 0.6 is 0 Å². The van der Waals surface area contributed by atoms with Crippen LogP contribution < -0.4 is 5.73 Å². The molecule has 2 heterocycles. The molecule has 0 bridgehead atoms. The van der Waals surface area contributed by atoms with Crippen molar-refractivity contribution in [2.24, 2.45) is 10.7 Å². The molecule has 2 N–H and O–H groups in total. The maximum atomic E-state index is 13.2. The van der Waals surface area contributed by atoms with Gasteiger partial charge >= 0.3 is 0 Å². The lowest BCUT2D eigenvalue weighted by molar-refractivity contribution is -0.130. The van der Waals surface area contributed by atoms with Crippen LogP contribution in [0.2, 0.25) is 0 Å². The molecule has 136 valence electrons. The molecule has 0 saturated heterocycles. The number of aromatic nitrogens is 1. The Bertz CT molecular complexity index is 971. The number of nitrogens with zero attached hydrogens (tertiary/aromatic N) is 4. The Morgan fingerprint density at radius 1 is 1.22 bits per heavy atom. The second-order valence-electron chi connectivity index (χ2n) is 7.43. The third-order valence-corrected chi connectivity index (χ3v) is 5.61. The predicted molar refractivity (Wildman–Crippen MR) is 102 cm³/mol. The van der Waals surface area contributed by atoms with Gasteiger partial charge in [0.1, 0.15) is 17.3 Å². The second kappa shape index (κ2) is 6.20. The molecule has 1 aromatic carbocycles. The predicted octanol–water partition coefficient (Wildman–Crippen LogP) is 2.62. The average molecular weight is 359 g/mol. The molecule has 1 fully saturated rings. The minimum atomic E-state index is -0.913. The van der Waals surface area contributed by atoms with Crippen LogP contribution in [-0.4, -0.2) is 28.8 Å². The number of hydrogen-bond acceptors (Lipinski definition) is 5. The Morgan fingerprint density at radius 2 is 1.89 bits per heavy atom. The molecule has 4 rings (SSSR count). The first-order valence-corrected chi connectivity index (χ1v) is 9.03. The molecule has 27 heavy (non-hydrogen) atoms. The number of benzene rings is 1. The molecule has 0 spiro atoms. The fourth-order valence-electron chi connectivity index (χ4n) is 3.81. The lowest BCUT2D eigenvalue weighted by Crippen LogP contribution is -2.52. The number of likely N-dealkylation sites (N-methyl/N-ethyl adjacent to an activating group) is 1. The summed E-state index contributed by atoms with van der Waals surface area (Å²) >= 11 is 0. The zero-order valence-electron chi connectivity index (χ0n) is 15.4. The van der Waals surface area contributed by atoms with E-state index in [-0.39, 0.29) is 17.6 Å². The molecule has 2 aromatic rings. The summed E-state index contributed by atoms with van der Waals surface area (Å²) in [5.41, 5.74) is 8.37. The molecule has 1 saturated carbocycles. The van der Waals surface area contributed by atoms with Crippen LogP contribution in [0, 0.1) is 11.3 Å². The van der Waals surface area contributed by atoms with Gasteiger partial charge in [-0.15, -0.1) is 0 Å². The Labute approximate surface area is 158 Å². The average Bonchev–Trinajstić information content (AvgIpc) is 3.52. The summed E-state index contributed by atoms with van der Waals surface area (Å²) in [6.07, 6.45) is 4.04. The van der Waals surface area contributed by atoms with E-state index in [1.165, 1.54) is 23.3 Å². The fraction of sp³-hybridized carbons (Fsp3) is 0.333. The second-order valence-corrected chi connectivity index (χ2v) is 7.43. The number of amides is 1. The summed E-state index contributed by atoms with van der Waals surface area (Å²) in [6, 6.07) is 13.8. The van der Waals surface area contributed by atoms with Gasteiger partial charge in [0, 0.05) is 13.2 Å². The summed E-state index contributed by atoms with van der Waals surface area (Å²) in [5, 5.41) is 9.21. The number of nitrogens with two attached hydrogens (primary N) is 1. The normalized spacial score (nSPS) is 25.1. The van der Waals surface area contributed by atoms with Gasteiger partial charge in [0.25, 0.3) is 0 Å². The van der Waals surface area contributed by atoms with Crippen molar-refractivity contribution in [3.8, 4) is 6.07 Å². The van der Waals surface area contributed by atoms with Crippen molar-refractivity contribution in [1.82, 2.24) is 9.88 Å². The van der Waals surface area contributed by atoms with Gasteiger partial charge in [0.2, 0.25) is 5.91 Å². The van der Waals surface area contributed by atoms with Gasteiger partial charge < -0.3 is 5.73 Å². The van der Waals surface area contributed by atoms with Crippen molar-refractivity contribution in [3.05, 3.63) is 65.0 Å².